The zero-order valence-corrected chi connectivity index (χ0v) is 6.39. The Bertz CT molecular complexity index is 405. The van der Waals surface area contributed by atoms with Crippen LogP contribution in [0.4, 0.5) is 5.95 Å². The summed E-state index contributed by atoms with van der Waals surface area (Å²) in [6.07, 6.45) is 1.53. The minimum Gasteiger partial charge on any atom is -0.291 e. The van der Waals surface area contributed by atoms with Gasteiger partial charge in [0.1, 0.15) is 12.2 Å². The zero-order chi connectivity index (χ0) is 8.55. The van der Waals surface area contributed by atoms with Crippen LogP contribution in [0.1, 0.15) is 5.82 Å². The Morgan fingerprint density at radius 1 is 1.50 bits per heavy atom. The van der Waals surface area contributed by atoms with Crippen LogP contribution in [-0.2, 0) is 0 Å². The van der Waals surface area contributed by atoms with Crippen molar-refractivity contribution in [3.63, 3.8) is 0 Å². The maximum atomic E-state index is 5.12. The molecule has 0 bridgehead atoms. The first kappa shape index (κ1) is 6.92. The first-order valence-corrected chi connectivity index (χ1v) is 3.32. The first-order valence-electron chi connectivity index (χ1n) is 3.32. The molecule has 2 heterocycles. The quantitative estimate of drug-likeness (QED) is 0.420. The minimum absolute atomic E-state index is 0.329. The second-order valence-corrected chi connectivity index (χ2v) is 2.23. The maximum absolute atomic E-state index is 5.12. The Hall–Kier alpha value is -1.76. The van der Waals surface area contributed by atoms with E-state index in [9.17, 15) is 0 Å². The van der Waals surface area contributed by atoms with Gasteiger partial charge in [0.15, 0.2) is 0 Å². The van der Waals surface area contributed by atoms with Crippen molar-refractivity contribution >= 4 is 11.7 Å². The molecule has 7 nitrogen and oxygen atoms in total. The van der Waals surface area contributed by atoms with Crippen LogP contribution < -0.4 is 11.3 Å². The highest BCUT2D eigenvalue weighted by atomic mass is 15.4. The van der Waals surface area contributed by atoms with E-state index in [0.29, 0.717) is 17.6 Å². The molecule has 0 radical (unpaired) electrons. The molecule has 3 N–H and O–H groups in total. The third-order valence-electron chi connectivity index (χ3n) is 1.36. The third kappa shape index (κ3) is 0.957. The average Bonchev–Trinajstić information content (AvgIpc) is 2.46. The number of anilines is 1. The van der Waals surface area contributed by atoms with Crippen LogP contribution in [0.2, 0.25) is 0 Å². The van der Waals surface area contributed by atoms with Crippen molar-refractivity contribution in [2.24, 2.45) is 5.84 Å². The lowest BCUT2D eigenvalue weighted by atomic mass is 10.7. The molecule has 2 aromatic rings. The van der Waals surface area contributed by atoms with Gasteiger partial charge in [-0.15, -0.1) is 5.10 Å². The fourth-order valence-electron chi connectivity index (χ4n) is 0.842. The molecule has 0 atom stereocenters. The normalized spacial score (nSPS) is 10.5. The molecule has 2 rings (SSSR count). The lowest BCUT2D eigenvalue weighted by Gasteiger charge is -1.88. The maximum Gasteiger partial charge on any atom is 0.258 e. The predicted octanol–water partition coefficient (Wildman–Crippen LogP) is -0.887. The fraction of sp³-hybridized carbons (Fsp3) is 0.200. The van der Waals surface area contributed by atoms with Gasteiger partial charge in [-0.2, -0.15) is 14.5 Å². The molecule has 0 fully saturated rings. The van der Waals surface area contributed by atoms with Crippen LogP contribution in [0.25, 0.3) is 5.78 Å². The summed E-state index contributed by atoms with van der Waals surface area (Å²) in [6, 6.07) is 0. The zero-order valence-electron chi connectivity index (χ0n) is 6.39. The summed E-state index contributed by atoms with van der Waals surface area (Å²) in [5.41, 5.74) is 2.33. The number of aromatic nitrogens is 5. The van der Waals surface area contributed by atoms with Crippen LogP contribution in [-0.4, -0.2) is 24.6 Å². The second-order valence-electron chi connectivity index (χ2n) is 2.23. The number of hydrazine groups is 1. The Kier molecular flexibility index (Phi) is 1.37. The van der Waals surface area contributed by atoms with E-state index in [1.54, 1.807) is 6.92 Å². The van der Waals surface area contributed by atoms with Gasteiger partial charge in [-0.1, -0.05) is 0 Å². The summed E-state index contributed by atoms with van der Waals surface area (Å²) in [5, 5.41) is 3.92. The van der Waals surface area contributed by atoms with Crippen molar-refractivity contribution in [1.82, 2.24) is 24.6 Å². The molecule has 0 aliphatic carbocycles. The third-order valence-corrected chi connectivity index (χ3v) is 1.36. The highest BCUT2D eigenvalue weighted by Gasteiger charge is 2.02. The molecular formula is C5H7N7. The SMILES string of the molecule is Cc1ncn2nc(NN)nc2n1. The largest absolute Gasteiger partial charge is 0.291 e. The van der Waals surface area contributed by atoms with Gasteiger partial charge in [-0.05, 0) is 6.92 Å². The molecule has 0 aliphatic rings. The van der Waals surface area contributed by atoms with E-state index in [-0.39, 0.29) is 0 Å². The average molecular weight is 165 g/mol. The lowest BCUT2D eigenvalue weighted by molar-refractivity contribution is 0.867. The van der Waals surface area contributed by atoms with E-state index in [1.807, 2.05) is 0 Å². The van der Waals surface area contributed by atoms with Gasteiger partial charge in [-0.3, -0.25) is 5.43 Å². The summed E-state index contributed by atoms with van der Waals surface area (Å²) in [7, 11) is 0. The number of aryl methyl sites for hydroxylation is 1. The number of nitrogen functional groups attached to an aromatic ring is 1. The molecule has 2 aromatic heterocycles. The Balaban J connectivity index is 2.67. The standard InChI is InChI=1S/C5H7N7/c1-3-7-2-12-5(8-3)9-4(10-6)11-12/h2H,6H2,1H3,(H,10,11). The topological polar surface area (TPSA) is 94.0 Å². The monoisotopic (exact) mass is 165 g/mol. The number of hydrogen-bond acceptors (Lipinski definition) is 6. The smallest absolute Gasteiger partial charge is 0.258 e. The van der Waals surface area contributed by atoms with Crippen molar-refractivity contribution in [1.29, 1.82) is 0 Å². The van der Waals surface area contributed by atoms with Crippen molar-refractivity contribution in [3.05, 3.63) is 12.2 Å². The van der Waals surface area contributed by atoms with E-state index < -0.39 is 0 Å². The summed E-state index contributed by atoms with van der Waals surface area (Å²) < 4.78 is 1.45. The fourth-order valence-corrected chi connectivity index (χ4v) is 0.842. The van der Waals surface area contributed by atoms with Gasteiger partial charge < -0.3 is 0 Å². The number of nitrogens with one attached hydrogen (secondary N) is 1. The van der Waals surface area contributed by atoms with Gasteiger partial charge in [0.05, 0.1) is 0 Å². The summed E-state index contributed by atoms with van der Waals surface area (Å²) >= 11 is 0. The highest BCUT2D eigenvalue weighted by molar-refractivity contribution is 5.34. The summed E-state index contributed by atoms with van der Waals surface area (Å²) in [4.78, 5) is 11.9. The van der Waals surface area contributed by atoms with Gasteiger partial charge in [0.25, 0.3) is 11.7 Å². The van der Waals surface area contributed by atoms with Crippen LogP contribution in [0.3, 0.4) is 0 Å². The number of hydrogen-bond donors (Lipinski definition) is 2. The summed E-state index contributed by atoms with van der Waals surface area (Å²) in [5.74, 6) is 6.58. The predicted molar refractivity (Wildman–Crippen MR) is 41.1 cm³/mol. The Labute approximate surface area is 67.6 Å². The van der Waals surface area contributed by atoms with E-state index in [2.05, 4.69) is 25.5 Å². The Morgan fingerprint density at radius 2 is 2.33 bits per heavy atom. The molecule has 62 valence electrons. The molecule has 0 aliphatic heterocycles. The molecule has 7 heteroatoms. The van der Waals surface area contributed by atoms with E-state index in [0.717, 1.165) is 0 Å². The molecule has 12 heavy (non-hydrogen) atoms. The van der Waals surface area contributed by atoms with E-state index in [1.165, 1.54) is 10.8 Å². The molecular weight excluding hydrogens is 158 g/mol. The summed E-state index contributed by atoms with van der Waals surface area (Å²) in [6.45, 7) is 1.78. The number of nitrogens with zero attached hydrogens (tertiary/aromatic N) is 5. The van der Waals surface area contributed by atoms with Crippen molar-refractivity contribution in [2.75, 3.05) is 5.43 Å². The number of rotatable bonds is 1. The molecule has 0 spiro atoms. The van der Waals surface area contributed by atoms with Crippen molar-refractivity contribution in [2.45, 2.75) is 6.92 Å². The van der Waals surface area contributed by atoms with Gasteiger partial charge in [0.2, 0.25) is 0 Å². The lowest BCUT2D eigenvalue weighted by Crippen LogP contribution is -2.08. The van der Waals surface area contributed by atoms with E-state index in [4.69, 9.17) is 5.84 Å². The van der Waals surface area contributed by atoms with Gasteiger partial charge in [0, 0.05) is 0 Å². The highest BCUT2D eigenvalue weighted by Crippen LogP contribution is 1.99. The van der Waals surface area contributed by atoms with E-state index >= 15 is 0 Å². The second kappa shape index (κ2) is 2.38. The number of fused-ring (bicyclic) bond motifs is 1. The molecule has 0 saturated carbocycles. The number of nitrogens with two attached hydrogens (primary N) is 1. The molecule has 0 aromatic carbocycles. The van der Waals surface area contributed by atoms with Gasteiger partial charge in [-0.25, -0.2) is 10.8 Å². The van der Waals surface area contributed by atoms with Gasteiger partial charge >= 0.3 is 0 Å². The molecule has 0 unspecified atom stereocenters. The molecule has 0 saturated heterocycles. The van der Waals surface area contributed by atoms with Crippen LogP contribution >= 0.6 is 0 Å². The van der Waals surface area contributed by atoms with Crippen LogP contribution in [0.5, 0.6) is 0 Å². The first-order chi connectivity index (χ1) is 5.79. The van der Waals surface area contributed by atoms with Crippen molar-refractivity contribution < 1.29 is 0 Å². The Morgan fingerprint density at radius 3 is 3.08 bits per heavy atom. The van der Waals surface area contributed by atoms with Crippen molar-refractivity contribution in [3.8, 4) is 0 Å². The van der Waals surface area contributed by atoms with Crippen LogP contribution in [0, 0.1) is 6.92 Å². The minimum atomic E-state index is 0.329. The molecule has 0 amide bonds. The van der Waals surface area contributed by atoms with Crippen LogP contribution in [0.15, 0.2) is 6.33 Å².